The second kappa shape index (κ2) is 8.21. The Bertz CT molecular complexity index is 163. The van der Waals surface area contributed by atoms with E-state index in [1.165, 1.54) is 0 Å². The second-order valence-corrected chi connectivity index (χ2v) is 3.56. The summed E-state index contributed by atoms with van der Waals surface area (Å²) < 4.78 is 28.3. The van der Waals surface area contributed by atoms with Crippen LogP contribution in [0.4, 0.5) is 8.78 Å². The Morgan fingerprint density at radius 3 is 2.87 bits per heavy atom. The molecule has 1 unspecified atom stereocenters. The average Bonchev–Trinajstić information content (AvgIpc) is 2.15. The highest BCUT2D eigenvalue weighted by molar-refractivity contribution is 5.85. The van der Waals surface area contributed by atoms with E-state index in [9.17, 15) is 8.78 Å². The second-order valence-electron chi connectivity index (χ2n) is 3.56. The smallest absolute Gasteiger partial charge is 0.261 e. The number of piperazine rings is 1. The number of nitrogens with one attached hydrogen (secondary N) is 1. The molecule has 0 saturated carbocycles. The average molecular weight is 245 g/mol. The van der Waals surface area contributed by atoms with Gasteiger partial charge < -0.3 is 10.1 Å². The Labute approximate surface area is 95.6 Å². The van der Waals surface area contributed by atoms with Crippen molar-refractivity contribution in [2.24, 2.45) is 0 Å². The molecule has 1 aliphatic heterocycles. The number of rotatable bonds is 5. The Kier molecular flexibility index (Phi) is 8.23. The summed E-state index contributed by atoms with van der Waals surface area (Å²) in [5, 5.41) is 3.27. The van der Waals surface area contributed by atoms with Crippen molar-refractivity contribution in [2.45, 2.75) is 19.4 Å². The van der Waals surface area contributed by atoms with Gasteiger partial charge in [-0.1, -0.05) is 0 Å². The Morgan fingerprint density at radius 2 is 2.27 bits per heavy atom. The third-order valence-corrected chi connectivity index (χ3v) is 2.41. The third kappa shape index (κ3) is 6.25. The molecule has 1 rings (SSSR count). The predicted molar refractivity (Wildman–Crippen MR) is 58.0 cm³/mol. The van der Waals surface area contributed by atoms with E-state index in [1.54, 1.807) is 0 Å². The molecule has 0 bridgehead atoms. The van der Waals surface area contributed by atoms with Crippen LogP contribution in [0.5, 0.6) is 0 Å². The van der Waals surface area contributed by atoms with Crippen LogP contribution < -0.4 is 5.32 Å². The van der Waals surface area contributed by atoms with E-state index in [0.717, 1.165) is 26.2 Å². The van der Waals surface area contributed by atoms with E-state index in [1.807, 2.05) is 0 Å². The lowest BCUT2D eigenvalue weighted by Crippen LogP contribution is -2.50. The molecule has 1 heterocycles. The van der Waals surface area contributed by atoms with Gasteiger partial charge in [0.15, 0.2) is 0 Å². The monoisotopic (exact) mass is 244 g/mol. The quantitative estimate of drug-likeness (QED) is 0.730. The lowest BCUT2D eigenvalue weighted by atomic mass is 10.2. The van der Waals surface area contributed by atoms with Crippen LogP contribution in [0, 0.1) is 0 Å². The summed E-state index contributed by atoms with van der Waals surface area (Å²) in [6.45, 7) is 5.73. The first kappa shape index (κ1) is 15.0. The molecule has 0 aliphatic carbocycles. The SMILES string of the molecule is CC1CNCCN1CCOCC(F)F.Cl. The van der Waals surface area contributed by atoms with Crippen LogP contribution >= 0.6 is 12.4 Å². The molecule has 92 valence electrons. The van der Waals surface area contributed by atoms with Gasteiger partial charge in [0.05, 0.1) is 6.61 Å². The van der Waals surface area contributed by atoms with E-state index in [2.05, 4.69) is 17.1 Å². The molecular formula is C9H19ClF2N2O. The fraction of sp³-hybridized carbons (Fsp3) is 1.00. The first-order valence-electron chi connectivity index (χ1n) is 5.01. The number of alkyl halides is 2. The summed E-state index contributed by atoms with van der Waals surface area (Å²) in [4.78, 5) is 2.25. The minimum absolute atomic E-state index is 0. The molecule has 1 aliphatic rings. The number of hydrogen-bond acceptors (Lipinski definition) is 3. The van der Waals surface area contributed by atoms with E-state index in [4.69, 9.17) is 4.74 Å². The van der Waals surface area contributed by atoms with Crippen molar-refractivity contribution >= 4 is 12.4 Å². The molecule has 1 saturated heterocycles. The number of nitrogens with zero attached hydrogens (tertiary/aromatic N) is 1. The van der Waals surface area contributed by atoms with Crippen molar-refractivity contribution in [3.05, 3.63) is 0 Å². The fourth-order valence-corrected chi connectivity index (χ4v) is 1.57. The Hall–Kier alpha value is 0.0300. The molecule has 0 spiro atoms. The van der Waals surface area contributed by atoms with Crippen LogP contribution in [-0.4, -0.2) is 56.8 Å². The molecule has 1 N–H and O–H groups in total. The maximum Gasteiger partial charge on any atom is 0.261 e. The summed E-state index contributed by atoms with van der Waals surface area (Å²) in [5.41, 5.74) is 0. The zero-order chi connectivity index (χ0) is 10.4. The van der Waals surface area contributed by atoms with Crippen molar-refractivity contribution in [3.63, 3.8) is 0 Å². The molecule has 3 nitrogen and oxygen atoms in total. The molecule has 0 radical (unpaired) electrons. The summed E-state index contributed by atoms with van der Waals surface area (Å²) in [6.07, 6.45) is -2.35. The van der Waals surface area contributed by atoms with Gasteiger partial charge in [-0.15, -0.1) is 12.4 Å². The minimum atomic E-state index is -2.35. The maximum atomic E-state index is 11.7. The number of hydrogen-bond donors (Lipinski definition) is 1. The minimum Gasteiger partial charge on any atom is -0.374 e. The van der Waals surface area contributed by atoms with Gasteiger partial charge in [0.1, 0.15) is 6.61 Å². The summed E-state index contributed by atoms with van der Waals surface area (Å²) in [7, 11) is 0. The first-order valence-corrected chi connectivity index (χ1v) is 5.01. The van der Waals surface area contributed by atoms with Crippen molar-refractivity contribution in [3.8, 4) is 0 Å². The Balaban J connectivity index is 0.00000196. The van der Waals surface area contributed by atoms with Gasteiger partial charge in [-0.25, -0.2) is 8.78 Å². The van der Waals surface area contributed by atoms with E-state index in [-0.39, 0.29) is 12.4 Å². The molecule has 0 aromatic carbocycles. The van der Waals surface area contributed by atoms with Gasteiger partial charge in [-0.2, -0.15) is 0 Å². The molecule has 6 heteroatoms. The highest BCUT2D eigenvalue weighted by Gasteiger charge is 2.16. The maximum absolute atomic E-state index is 11.7. The van der Waals surface area contributed by atoms with Gasteiger partial charge in [-0.05, 0) is 6.92 Å². The lowest BCUT2D eigenvalue weighted by molar-refractivity contribution is 0.00487. The number of halogens is 3. The van der Waals surface area contributed by atoms with E-state index >= 15 is 0 Å². The normalized spacial score (nSPS) is 22.8. The highest BCUT2D eigenvalue weighted by Crippen LogP contribution is 2.01. The number of ether oxygens (including phenoxy) is 1. The summed E-state index contributed by atoms with van der Waals surface area (Å²) in [6, 6.07) is 0.471. The zero-order valence-electron chi connectivity index (χ0n) is 8.92. The fourth-order valence-electron chi connectivity index (χ4n) is 1.57. The molecular weight excluding hydrogens is 226 g/mol. The molecule has 0 amide bonds. The van der Waals surface area contributed by atoms with Gasteiger partial charge in [0.2, 0.25) is 0 Å². The van der Waals surface area contributed by atoms with Gasteiger partial charge in [0.25, 0.3) is 6.43 Å². The summed E-state index contributed by atoms with van der Waals surface area (Å²) >= 11 is 0. The molecule has 15 heavy (non-hydrogen) atoms. The lowest BCUT2D eigenvalue weighted by Gasteiger charge is -2.33. The zero-order valence-corrected chi connectivity index (χ0v) is 9.73. The molecule has 0 aromatic heterocycles. The van der Waals surface area contributed by atoms with Crippen molar-refractivity contribution in [1.29, 1.82) is 0 Å². The van der Waals surface area contributed by atoms with Crippen LogP contribution in [0.25, 0.3) is 0 Å². The third-order valence-electron chi connectivity index (χ3n) is 2.41. The van der Waals surface area contributed by atoms with E-state index in [0.29, 0.717) is 12.6 Å². The van der Waals surface area contributed by atoms with Crippen LogP contribution in [-0.2, 0) is 4.74 Å². The van der Waals surface area contributed by atoms with Crippen molar-refractivity contribution in [1.82, 2.24) is 10.2 Å². The molecule has 1 atom stereocenters. The Morgan fingerprint density at radius 1 is 1.53 bits per heavy atom. The highest BCUT2D eigenvalue weighted by atomic mass is 35.5. The molecule has 0 aromatic rings. The van der Waals surface area contributed by atoms with Crippen LogP contribution in [0.1, 0.15) is 6.92 Å². The topological polar surface area (TPSA) is 24.5 Å². The standard InChI is InChI=1S/C9H18F2N2O.ClH/c1-8-6-12-2-3-13(8)4-5-14-7-9(10)11;/h8-9,12H,2-7H2,1H3;1H. The van der Waals surface area contributed by atoms with Crippen molar-refractivity contribution in [2.75, 3.05) is 39.4 Å². The largest absolute Gasteiger partial charge is 0.374 e. The van der Waals surface area contributed by atoms with Gasteiger partial charge in [-0.3, -0.25) is 4.90 Å². The summed E-state index contributed by atoms with van der Waals surface area (Å²) in [5.74, 6) is 0. The molecule has 1 fully saturated rings. The first-order chi connectivity index (χ1) is 6.70. The predicted octanol–water partition coefficient (Wildman–Crippen LogP) is 0.984. The van der Waals surface area contributed by atoms with Crippen LogP contribution in [0.2, 0.25) is 0 Å². The van der Waals surface area contributed by atoms with Crippen molar-refractivity contribution < 1.29 is 13.5 Å². The van der Waals surface area contributed by atoms with Gasteiger partial charge in [0, 0.05) is 32.2 Å². The van der Waals surface area contributed by atoms with Gasteiger partial charge >= 0.3 is 0 Å². The van der Waals surface area contributed by atoms with Crippen LogP contribution in [0.3, 0.4) is 0 Å². The van der Waals surface area contributed by atoms with E-state index < -0.39 is 13.0 Å². The van der Waals surface area contributed by atoms with Crippen LogP contribution in [0.15, 0.2) is 0 Å².